The molecule has 1 heterocycles. The quantitative estimate of drug-likeness (QED) is 0.458. The van der Waals surface area contributed by atoms with Crippen LogP contribution in [-0.4, -0.2) is 11.5 Å². The van der Waals surface area contributed by atoms with E-state index in [1.54, 1.807) is 6.92 Å². The predicted molar refractivity (Wildman–Crippen MR) is 99.4 cm³/mol. The number of ketones is 1. The molecule has 25 heavy (non-hydrogen) atoms. The maximum atomic E-state index is 11.5. The highest BCUT2D eigenvalue weighted by molar-refractivity contribution is 6.16. The van der Waals surface area contributed by atoms with Crippen LogP contribution in [0, 0.1) is 6.92 Å². The number of fused-ring (bicyclic) bond motifs is 2. The van der Waals surface area contributed by atoms with Gasteiger partial charge in [0.15, 0.2) is 11.5 Å². The number of carbonyl (C=O) groups is 1. The van der Waals surface area contributed by atoms with Gasteiger partial charge in [-0.25, -0.2) is 4.99 Å². The Balaban J connectivity index is 1.92. The lowest BCUT2D eigenvalue weighted by Crippen LogP contribution is -2.04. The third-order valence-electron chi connectivity index (χ3n) is 4.27. The number of hydrogen-bond donors (Lipinski definition) is 0. The molecule has 0 aromatic heterocycles. The van der Waals surface area contributed by atoms with E-state index in [1.165, 1.54) is 0 Å². The minimum atomic E-state index is 0.0547. The molecule has 0 bridgehead atoms. The first kappa shape index (κ1) is 15.3. The van der Waals surface area contributed by atoms with Crippen LogP contribution in [0.15, 0.2) is 71.7 Å². The van der Waals surface area contributed by atoms with Crippen LogP contribution >= 0.6 is 0 Å². The van der Waals surface area contributed by atoms with E-state index in [9.17, 15) is 4.79 Å². The lowest BCUT2D eigenvalue weighted by atomic mass is 9.98. The molecule has 0 spiro atoms. The topological polar surface area (TPSA) is 38.7 Å². The number of para-hydroxylation sites is 2. The summed E-state index contributed by atoms with van der Waals surface area (Å²) < 4.78 is 6.13. The first-order valence-electron chi connectivity index (χ1n) is 8.20. The third kappa shape index (κ3) is 2.85. The molecule has 3 nitrogen and oxygen atoms in total. The summed E-state index contributed by atoms with van der Waals surface area (Å²) in [5.41, 5.74) is 5.35. The van der Waals surface area contributed by atoms with Gasteiger partial charge >= 0.3 is 0 Å². The fraction of sp³-hybridized carbons (Fsp3) is 0.0909. The predicted octanol–water partition coefficient (Wildman–Crippen LogP) is 5.47. The van der Waals surface area contributed by atoms with Crippen molar-refractivity contribution in [3.05, 3.63) is 89.0 Å². The fourth-order valence-corrected chi connectivity index (χ4v) is 2.93. The van der Waals surface area contributed by atoms with Gasteiger partial charge in [0.1, 0.15) is 11.4 Å². The van der Waals surface area contributed by atoms with Crippen LogP contribution in [-0.2, 0) is 0 Å². The van der Waals surface area contributed by atoms with E-state index in [1.807, 2.05) is 67.6 Å². The smallest absolute Gasteiger partial charge is 0.159 e. The maximum absolute atomic E-state index is 11.5. The minimum Gasteiger partial charge on any atom is -0.454 e. The van der Waals surface area contributed by atoms with Crippen LogP contribution in [0.1, 0.15) is 34.0 Å². The van der Waals surface area contributed by atoms with Gasteiger partial charge in [0.2, 0.25) is 0 Å². The van der Waals surface area contributed by atoms with Gasteiger partial charge in [-0.1, -0.05) is 42.5 Å². The van der Waals surface area contributed by atoms with Crippen LogP contribution in [0.4, 0.5) is 5.69 Å². The molecule has 0 saturated carbocycles. The Labute approximate surface area is 146 Å². The average Bonchev–Trinajstić information content (AvgIpc) is 2.77. The van der Waals surface area contributed by atoms with Gasteiger partial charge in [-0.15, -0.1) is 0 Å². The van der Waals surface area contributed by atoms with Crippen LogP contribution in [0.25, 0.3) is 0 Å². The molecule has 122 valence electrons. The monoisotopic (exact) mass is 327 g/mol. The first-order valence-corrected chi connectivity index (χ1v) is 8.20. The maximum Gasteiger partial charge on any atom is 0.159 e. The Kier molecular flexibility index (Phi) is 3.69. The van der Waals surface area contributed by atoms with Crippen molar-refractivity contribution in [1.82, 2.24) is 0 Å². The molecule has 3 heteroatoms. The molecule has 0 N–H and O–H groups in total. The Morgan fingerprint density at radius 1 is 0.920 bits per heavy atom. The van der Waals surface area contributed by atoms with Gasteiger partial charge < -0.3 is 4.74 Å². The summed E-state index contributed by atoms with van der Waals surface area (Å²) >= 11 is 0. The fourth-order valence-electron chi connectivity index (χ4n) is 2.93. The zero-order chi connectivity index (χ0) is 17.4. The molecule has 0 fully saturated rings. The van der Waals surface area contributed by atoms with Crippen LogP contribution in [0.3, 0.4) is 0 Å². The van der Waals surface area contributed by atoms with Crippen molar-refractivity contribution in [2.24, 2.45) is 4.99 Å². The van der Waals surface area contributed by atoms with Gasteiger partial charge in [-0.05, 0) is 43.7 Å². The highest BCUT2D eigenvalue weighted by Gasteiger charge is 2.19. The van der Waals surface area contributed by atoms with Gasteiger partial charge in [0.05, 0.1) is 5.71 Å². The normalized spacial score (nSPS) is 12.3. The number of benzene rings is 3. The first-order chi connectivity index (χ1) is 12.1. The highest BCUT2D eigenvalue weighted by Crippen LogP contribution is 2.38. The van der Waals surface area contributed by atoms with E-state index in [0.717, 1.165) is 39.6 Å². The van der Waals surface area contributed by atoms with Gasteiger partial charge in [-0.2, -0.15) is 0 Å². The van der Waals surface area contributed by atoms with Crippen molar-refractivity contribution in [3.63, 3.8) is 0 Å². The van der Waals surface area contributed by atoms with E-state index in [4.69, 9.17) is 9.73 Å². The summed E-state index contributed by atoms with van der Waals surface area (Å²) in [5.74, 6) is 1.59. The van der Waals surface area contributed by atoms with E-state index >= 15 is 0 Å². The summed E-state index contributed by atoms with van der Waals surface area (Å²) in [4.78, 5) is 16.4. The molecule has 1 aliphatic rings. The summed E-state index contributed by atoms with van der Waals surface area (Å²) in [6.45, 7) is 3.61. The number of rotatable bonds is 2. The second-order valence-corrected chi connectivity index (χ2v) is 6.16. The van der Waals surface area contributed by atoms with Crippen molar-refractivity contribution in [2.75, 3.05) is 0 Å². The molecule has 0 amide bonds. The van der Waals surface area contributed by atoms with Crippen molar-refractivity contribution in [3.8, 4) is 11.5 Å². The Morgan fingerprint density at radius 2 is 1.68 bits per heavy atom. The number of aryl methyl sites for hydroxylation is 1. The van der Waals surface area contributed by atoms with Gasteiger partial charge in [-0.3, -0.25) is 4.79 Å². The summed E-state index contributed by atoms with van der Waals surface area (Å²) in [7, 11) is 0. The molecular formula is C22H17NO2. The highest BCUT2D eigenvalue weighted by atomic mass is 16.5. The number of ether oxygens (including phenoxy) is 1. The zero-order valence-electron chi connectivity index (χ0n) is 14.1. The largest absolute Gasteiger partial charge is 0.454 e. The lowest BCUT2D eigenvalue weighted by Gasteiger charge is -2.11. The van der Waals surface area contributed by atoms with Crippen LogP contribution in [0.5, 0.6) is 11.5 Å². The molecule has 0 aliphatic carbocycles. The molecular weight excluding hydrogens is 310 g/mol. The Hall–Kier alpha value is -3.20. The molecule has 4 rings (SSSR count). The van der Waals surface area contributed by atoms with Crippen LogP contribution < -0.4 is 4.74 Å². The van der Waals surface area contributed by atoms with E-state index < -0.39 is 0 Å². The van der Waals surface area contributed by atoms with Crippen molar-refractivity contribution >= 4 is 17.2 Å². The molecule has 3 aromatic rings. The van der Waals surface area contributed by atoms with Crippen molar-refractivity contribution < 1.29 is 9.53 Å². The Bertz CT molecular complexity index is 1000. The zero-order valence-corrected chi connectivity index (χ0v) is 14.1. The average molecular weight is 327 g/mol. The second kappa shape index (κ2) is 6.02. The number of Topliss-reactive ketones (excluding diaryl/α,β-unsaturated/α-hetero) is 1. The summed E-state index contributed by atoms with van der Waals surface area (Å²) in [5, 5.41) is 0. The van der Waals surface area contributed by atoms with Gasteiger partial charge in [0, 0.05) is 16.7 Å². The molecule has 0 atom stereocenters. The van der Waals surface area contributed by atoms with Crippen molar-refractivity contribution in [2.45, 2.75) is 13.8 Å². The molecule has 0 radical (unpaired) electrons. The SMILES string of the molecule is CC(=O)c1ccc(C2=Nc3ccccc3Oc3cc(C)ccc32)cc1. The van der Waals surface area contributed by atoms with E-state index in [2.05, 4.69) is 6.07 Å². The van der Waals surface area contributed by atoms with Gasteiger partial charge in [0.25, 0.3) is 0 Å². The summed E-state index contributed by atoms with van der Waals surface area (Å²) in [6, 6.07) is 21.4. The molecule has 1 aliphatic heterocycles. The number of nitrogens with zero attached hydrogens (tertiary/aromatic N) is 1. The second-order valence-electron chi connectivity index (χ2n) is 6.16. The number of hydrogen-bond acceptors (Lipinski definition) is 3. The minimum absolute atomic E-state index is 0.0547. The number of aliphatic imine (C=N–C) groups is 1. The standard InChI is InChI=1S/C22H17NO2/c1-14-7-12-18-21(13-14)25-20-6-4-3-5-19(20)23-22(18)17-10-8-16(9-11-17)15(2)24/h3-13H,1-2H3. The lowest BCUT2D eigenvalue weighted by molar-refractivity contribution is 0.101. The summed E-state index contributed by atoms with van der Waals surface area (Å²) in [6.07, 6.45) is 0. The molecule has 3 aromatic carbocycles. The van der Waals surface area contributed by atoms with E-state index in [0.29, 0.717) is 5.56 Å². The van der Waals surface area contributed by atoms with Crippen molar-refractivity contribution in [1.29, 1.82) is 0 Å². The van der Waals surface area contributed by atoms with E-state index in [-0.39, 0.29) is 5.78 Å². The number of carbonyl (C=O) groups excluding carboxylic acids is 1. The van der Waals surface area contributed by atoms with Crippen LogP contribution in [0.2, 0.25) is 0 Å². The third-order valence-corrected chi connectivity index (χ3v) is 4.27. The molecule has 0 unspecified atom stereocenters. The Morgan fingerprint density at radius 3 is 2.44 bits per heavy atom. The molecule has 0 saturated heterocycles.